The first-order valence-corrected chi connectivity index (χ1v) is 13.0. The second kappa shape index (κ2) is 9.48. The summed E-state index contributed by atoms with van der Waals surface area (Å²) in [5.41, 5.74) is 8.17. The number of amides is 3. The number of carboxylic acid groups (broad SMARTS) is 1. The van der Waals surface area contributed by atoms with Crippen molar-refractivity contribution in [2.75, 3.05) is 11.1 Å². The monoisotopic (exact) mass is 553 g/mol. The van der Waals surface area contributed by atoms with Crippen LogP contribution in [0.15, 0.2) is 48.7 Å². The molecule has 5 N–H and O–H groups in total. The van der Waals surface area contributed by atoms with E-state index in [0.29, 0.717) is 27.2 Å². The molecule has 0 saturated carbocycles. The quantitative estimate of drug-likeness (QED) is 0.340. The molecule has 12 heteroatoms. The average Bonchev–Trinajstić information content (AvgIpc) is 3.11. The van der Waals surface area contributed by atoms with Gasteiger partial charge in [0, 0.05) is 27.0 Å². The fraction of sp³-hybridized carbons (Fsp3) is 0.269. The number of nitrogens with zero attached hydrogens (tertiary/aromatic N) is 2. The number of nitrogens with one attached hydrogen (secondary N) is 2. The van der Waals surface area contributed by atoms with Crippen molar-refractivity contribution < 1.29 is 24.3 Å². The number of aliphatic carboxylic acids is 1. The first-order chi connectivity index (χ1) is 18.0. The van der Waals surface area contributed by atoms with Crippen LogP contribution in [0.5, 0.6) is 0 Å². The zero-order valence-corrected chi connectivity index (χ0v) is 22.0. The summed E-state index contributed by atoms with van der Waals surface area (Å²) in [5.74, 6) is -2.41. The largest absolute Gasteiger partial charge is 0.480 e. The molecule has 0 aliphatic carbocycles. The third kappa shape index (κ3) is 4.41. The standard InChI is InChI=1S/C26H24ClN5O5S/c1-26(2)21(25(36)37)32-23(35)20(24(32)38-26)31-18(33)9-12-5-3-4-6-16(12)30-22(34)15-11-29-17-10-13(27)7-8-14(17)19(15)28/h3-8,10-11,20-21,24H,9H2,1-2H3,(H2,28,29)(H,30,34)(H,31,33)(H,36,37)/t20?,21-,24+/m0/s1. The van der Waals surface area contributed by atoms with E-state index in [2.05, 4.69) is 15.6 Å². The van der Waals surface area contributed by atoms with Gasteiger partial charge in [-0.25, -0.2) is 4.79 Å². The molecule has 0 bridgehead atoms. The molecule has 2 fully saturated rings. The zero-order chi connectivity index (χ0) is 27.4. The van der Waals surface area contributed by atoms with Crippen molar-refractivity contribution in [2.45, 2.75) is 42.5 Å². The molecular formula is C26H24ClN5O5S. The Bertz CT molecular complexity index is 1510. The zero-order valence-electron chi connectivity index (χ0n) is 20.4. The van der Waals surface area contributed by atoms with Crippen molar-refractivity contribution in [1.29, 1.82) is 0 Å². The molecular weight excluding hydrogens is 530 g/mol. The number of carboxylic acids is 1. The number of hydrogen-bond acceptors (Lipinski definition) is 7. The average molecular weight is 554 g/mol. The SMILES string of the molecule is CC1(C)S[C@@H]2C(NC(=O)Cc3ccccc3NC(=O)c3cnc4cc(Cl)ccc4c3N)C(=O)N2[C@H]1C(=O)O. The van der Waals surface area contributed by atoms with Crippen LogP contribution in [-0.4, -0.2) is 60.9 Å². The van der Waals surface area contributed by atoms with Crippen molar-refractivity contribution >= 4 is 69.3 Å². The van der Waals surface area contributed by atoms with Crippen LogP contribution < -0.4 is 16.4 Å². The first kappa shape index (κ1) is 25.8. The third-order valence-electron chi connectivity index (χ3n) is 6.73. The normalized spacial score (nSPS) is 21.5. The Morgan fingerprint density at radius 2 is 1.95 bits per heavy atom. The lowest BCUT2D eigenvalue weighted by Crippen LogP contribution is -2.70. The second-order valence-electron chi connectivity index (χ2n) is 9.68. The summed E-state index contributed by atoms with van der Waals surface area (Å²) in [7, 11) is 0. The van der Waals surface area contributed by atoms with Crippen LogP contribution in [0, 0.1) is 0 Å². The molecule has 1 aromatic heterocycles. The molecule has 3 atom stereocenters. The van der Waals surface area contributed by atoms with E-state index >= 15 is 0 Å². The molecule has 3 aromatic rings. The highest BCUT2D eigenvalue weighted by Crippen LogP contribution is 2.50. The van der Waals surface area contributed by atoms with Crippen LogP contribution >= 0.6 is 23.4 Å². The predicted octanol–water partition coefficient (Wildman–Crippen LogP) is 2.90. The van der Waals surface area contributed by atoms with Crippen molar-refractivity contribution in [3.8, 4) is 0 Å². The number of carbonyl (C=O) groups excluding carboxylic acids is 3. The van der Waals surface area contributed by atoms with Gasteiger partial charge in [-0.15, -0.1) is 11.8 Å². The molecule has 10 nitrogen and oxygen atoms in total. The van der Waals surface area contributed by atoms with Crippen LogP contribution in [0.3, 0.4) is 0 Å². The summed E-state index contributed by atoms with van der Waals surface area (Å²) in [5, 5.41) is 15.7. The summed E-state index contributed by atoms with van der Waals surface area (Å²) in [6.07, 6.45) is 1.27. The maximum absolute atomic E-state index is 13.1. The first-order valence-electron chi connectivity index (χ1n) is 11.7. The molecule has 2 aromatic carbocycles. The van der Waals surface area contributed by atoms with E-state index in [1.165, 1.54) is 22.9 Å². The summed E-state index contributed by atoms with van der Waals surface area (Å²) < 4.78 is -0.686. The number of aromatic nitrogens is 1. The maximum atomic E-state index is 13.1. The number of β-lactam (4-membered cyclic amide) rings is 1. The molecule has 196 valence electrons. The number of nitrogen functional groups attached to an aromatic ring is 1. The molecule has 2 saturated heterocycles. The van der Waals surface area contributed by atoms with Crippen LogP contribution in [0.25, 0.3) is 10.9 Å². The van der Waals surface area contributed by atoms with Gasteiger partial charge in [0.15, 0.2) is 0 Å². The number of benzene rings is 2. The molecule has 1 unspecified atom stereocenters. The molecule has 5 rings (SSSR count). The van der Waals surface area contributed by atoms with Gasteiger partial charge in [0.2, 0.25) is 11.8 Å². The number of halogens is 1. The lowest BCUT2D eigenvalue weighted by Gasteiger charge is -2.43. The Morgan fingerprint density at radius 3 is 2.68 bits per heavy atom. The van der Waals surface area contributed by atoms with E-state index in [-0.39, 0.29) is 17.7 Å². The van der Waals surface area contributed by atoms with E-state index in [0.717, 1.165) is 0 Å². The van der Waals surface area contributed by atoms with Crippen molar-refractivity contribution in [2.24, 2.45) is 0 Å². The molecule has 0 spiro atoms. The third-order valence-corrected chi connectivity index (χ3v) is 8.53. The predicted molar refractivity (Wildman–Crippen MR) is 145 cm³/mol. The number of fused-ring (bicyclic) bond motifs is 2. The van der Waals surface area contributed by atoms with Gasteiger partial charge in [-0.3, -0.25) is 19.4 Å². The summed E-state index contributed by atoms with van der Waals surface area (Å²) >= 11 is 7.36. The number of carbonyl (C=O) groups is 4. The molecule has 3 amide bonds. The van der Waals surface area contributed by atoms with E-state index < -0.39 is 45.9 Å². The van der Waals surface area contributed by atoms with E-state index in [1.54, 1.807) is 56.3 Å². The van der Waals surface area contributed by atoms with Gasteiger partial charge in [0.25, 0.3) is 5.91 Å². The number of para-hydroxylation sites is 1. The number of thioether (sulfide) groups is 1. The highest BCUT2D eigenvalue weighted by Gasteiger charge is 2.64. The van der Waals surface area contributed by atoms with Gasteiger partial charge in [-0.2, -0.15) is 0 Å². The fourth-order valence-corrected chi connectivity index (χ4v) is 6.69. The Morgan fingerprint density at radius 1 is 1.21 bits per heavy atom. The highest BCUT2D eigenvalue weighted by atomic mass is 35.5. The highest BCUT2D eigenvalue weighted by molar-refractivity contribution is 8.01. The van der Waals surface area contributed by atoms with Gasteiger partial charge in [-0.1, -0.05) is 29.8 Å². The minimum Gasteiger partial charge on any atom is -0.480 e. The van der Waals surface area contributed by atoms with Gasteiger partial charge >= 0.3 is 5.97 Å². The Hall–Kier alpha value is -3.83. The fourth-order valence-electron chi connectivity index (χ4n) is 4.90. The number of nitrogens with two attached hydrogens (primary N) is 1. The lowest BCUT2D eigenvalue weighted by molar-refractivity contribution is -0.161. The Labute approximate surface area is 226 Å². The topological polar surface area (TPSA) is 155 Å². The number of hydrogen-bond donors (Lipinski definition) is 4. The van der Waals surface area contributed by atoms with Crippen LogP contribution in [0.2, 0.25) is 5.02 Å². The number of pyridine rings is 1. The lowest BCUT2D eigenvalue weighted by atomic mass is 9.96. The van der Waals surface area contributed by atoms with Crippen molar-refractivity contribution in [3.05, 3.63) is 64.8 Å². The summed E-state index contributed by atoms with van der Waals surface area (Å²) in [6.45, 7) is 3.54. The minimum absolute atomic E-state index is 0.104. The van der Waals surface area contributed by atoms with Crippen molar-refractivity contribution in [1.82, 2.24) is 15.2 Å². The second-order valence-corrected chi connectivity index (χ2v) is 11.9. The number of anilines is 2. The Balaban J connectivity index is 1.29. The molecule has 38 heavy (non-hydrogen) atoms. The van der Waals surface area contributed by atoms with Crippen LogP contribution in [0.4, 0.5) is 11.4 Å². The van der Waals surface area contributed by atoms with Crippen LogP contribution in [-0.2, 0) is 20.8 Å². The molecule has 3 heterocycles. The van der Waals surface area contributed by atoms with Crippen molar-refractivity contribution in [3.63, 3.8) is 0 Å². The maximum Gasteiger partial charge on any atom is 0.327 e. The van der Waals surface area contributed by atoms with Gasteiger partial charge in [0.05, 0.1) is 23.2 Å². The molecule has 2 aliphatic rings. The molecule has 2 aliphatic heterocycles. The van der Waals surface area contributed by atoms with E-state index in [1.807, 2.05) is 0 Å². The van der Waals surface area contributed by atoms with E-state index in [9.17, 15) is 24.3 Å². The Kier molecular flexibility index (Phi) is 6.44. The van der Waals surface area contributed by atoms with Gasteiger partial charge in [-0.05, 0) is 43.7 Å². The van der Waals surface area contributed by atoms with Crippen LogP contribution in [0.1, 0.15) is 29.8 Å². The summed E-state index contributed by atoms with van der Waals surface area (Å²) in [4.78, 5) is 56.0. The van der Waals surface area contributed by atoms with E-state index in [4.69, 9.17) is 17.3 Å². The van der Waals surface area contributed by atoms with Gasteiger partial charge < -0.3 is 26.4 Å². The number of rotatable bonds is 6. The summed E-state index contributed by atoms with van der Waals surface area (Å²) in [6, 6.07) is 10.1. The smallest absolute Gasteiger partial charge is 0.327 e. The molecule has 0 radical (unpaired) electrons. The minimum atomic E-state index is -1.07. The van der Waals surface area contributed by atoms with Gasteiger partial charge in [0.1, 0.15) is 17.5 Å².